The van der Waals surface area contributed by atoms with Crippen molar-refractivity contribution in [1.29, 1.82) is 0 Å². The Kier molecular flexibility index (Phi) is 6.58. The molecule has 0 unspecified atom stereocenters. The number of amides is 1. The van der Waals surface area contributed by atoms with Crippen LogP contribution in [0.15, 0.2) is 79.1 Å². The second kappa shape index (κ2) is 9.53. The molecule has 27 heavy (non-hydrogen) atoms. The predicted molar refractivity (Wildman–Crippen MR) is 110 cm³/mol. The number of hydrogen-bond acceptors (Lipinski definition) is 3. The average molecular weight is 359 g/mol. The Hall–Kier alpha value is -3.14. The average Bonchev–Trinajstić information content (AvgIpc) is 2.73. The van der Waals surface area contributed by atoms with E-state index in [2.05, 4.69) is 46.4 Å². The van der Waals surface area contributed by atoms with Crippen LogP contribution in [0.3, 0.4) is 0 Å². The zero-order valence-corrected chi connectivity index (χ0v) is 15.6. The third kappa shape index (κ3) is 5.17. The normalized spacial score (nSPS) is 10.4. The van der Waals surface area contributed by atoms with Crippen LogP contribution in [0.4, 0.5) is 11.4 Å². The van der Waals surface area contributed by atoms with Crippen molar-refractivity contribution >= 4 is 17.3 Å². The van der Waals surface area contributed by atoms with Gasteiger partial charge in [0.05, 0.1) is 17.4 Å². The number of pyridine rings is 1. The van der Waals surface area contributed by atoms with Gasteiger partial charge >= 0.3 is 0 Å². The number of hydrogen-bond donors (Lipinski definition) is 1. The number of anilines is 2. The SMILES string of the molecule is CCCCNC(=O)c1cncc(N(Cc2ccccc2)c2ccccc2)c1. The topological polar surface area (TPSA) is 45.2 Å². The van der Waals surface area contributed by atoms with Crippen LogP contribution in [0.5, 0.6) is 0 Å². The Bertz CT molecular complexity index is 850. The van der Waals surface area contributed by atoms with Crippen molar-refractivity contribution in [1.82, 2.24) is 10.3 Å². The van der Waals surface area contributed by atoms with Crippen LogP contribution in [-0.2, 0) is 6.54 Å². The number of carbonyl (C=O) groups is 1. The van der Waals surface area contributed by atoms with Crippen LogP contribution >= 0.6 is 0 Å². The monoisotopic (exact) mass is 359 g/mol. The second-order valence-corrected chi connectivity index (χ2v) is 6.45. The molecular weight excluding hydrogens is 334 g/mol. The summed E-state index contributed by atoms with van der Waals surface area (Å²) in [6.45, 7) is 3.50. The van der Waals surface area contributed by atoms with E-state index in [1.54, 1.807) is 12.4 Å². The van der Waals surface area contributed by atoms with E-state index in [-0.39, 0.29) is 5.91 Å². The molecule has 3 rings (SSSR count). The smallest absolute Gasteiger partial charge is 0.252 e. The lowest BCUT2D eigenvalue weighted by atomic mass is 10.1. The first kappa shape index (κ1) is 18.6. The number of rotatable bonds is 8. The van der Waals surface area contributed by atoms with E-state index in [0.717, 1.165) is 24.2 Å². The molecular formula is C23H25N3O. The fraction of sp³-hybridized carbons (Fsp3) is 0.217. The van der Waals surface area contributed by atoms with Crippen LogP contribution in [0.1, 0.15) is 35.7 Å². The fourth-order valence-electron chi connectivity index (χ4n) is 2.89. The van der Waals surface area contributed by atoms with Crippen molar-refractivity contribution in [3.05, 3.63) is 90.3 Å². The van der Waals surface area contributed by atoms with E-state index >= 15 is 0 Å². The molecule has 0 saturated carbocycles. The Balaban J connectivity index is 1.88. The number of aromatic nitrogens is 1. The minimum absolute atomic E-state index is 0.0782. The van der Waals surface area contributed by atoms with Gasteiger partial charge in [-0.05, 0) is 30.2 Å². The summed E-state index contributed by atoms with van der Waals surface area (Å²) in [5.74, 6) is -0.0782. The molecule has 0 spiro atoms. The molecule has 0 bridgehead atoms. The number of nitrogens with zero attached hydrogens (tertiary/aromatic N) is 2. The van der Waals surface area contributed by atoms with Gasteiger partial charge in [-0.25, -0.2) is 0 Å². The maximum absolute atomic E-state index is 12.4. The van der Waals surface area contributed by atoms with Gasteiger partial charge in [-0.3, -0.25) is 9.78 Å². The number of benzene rings is 2. The minimum atomic E-state index is -0.0782. The van der Waals surface area contributed by atoms with Crippen LogP contribution in [0.25, 0.3) is 0 Å². The lowest BCUT2D eigenvalue weighted by molar-refractivity contribution is 0.0953. The summed E-state index contributed by atoms with van der Waals surface area (Å²) < 4.78 is 0. The van der Waals surface area contributed by atoms with Gasteiger partial charge in [0.2, 0.25) is 0 Å². The molecule has 0 atom stereocenters. The van der Waals surface area contributed by atoms with E-state index in [9.17, 15) is 4.79 Å². The van der Waals surface area contributed by atoms with Crippen molar-refractivity contribution in [2.75, 3.05) is 11.4 Å². The van der Waals surface area contributed by atoms with Crippen molar-refractivity contribution in [3.63, 3.8) is 0 Å². The summed E-state index contributed by atoms with van der Waals surface area (Å²) in [6.07, 6.45) is 5.45. The molecule has 3 aromatic rings. The van der Waals surface area contributed by atoms with E-state index in [0.29, 0.717) is 18.7 Å². The van der Waals surface area contributed by atoms with Gasteiger partial charge in [0, 0.05) is 25.0 Å². The highest BCUT2D eigenvalue weighted by molar-refractivity contribution is 5.94. The van der Waals surface area contributed by atoms with Gasteiger partial charge < -0.3 is 10.2 Å². The van der Waals surface area contributed by atoms with E-state index in [1.807, 2.05) is 42.5 Å². The maximum Gasteiger partial charge on any atom is 0.252 e. The van der Waals surface area contributed by atoms with Crippen molar-refractivity contribution in [3.8, 4) is 0 Å². The molecule has 4 heteroatoms. The second-order valence-electron chi connectivity index (χ2n) is 6.45. The van der Waals surface area contributed by atoms with E-state index < -0.39 is 0 Å². The number of nitrogens with one attached hydrogen (secondary N) is 1. The minimum Gasteiger partial charge on any atom is -0.352 e. The zero-order valence-electron chi connectivity index (χ0n) is 15.6. The molecule has 0 aliphatic heterocycles. The number of para-hydroxylation sites is 1. The highest BCUT2D eigenvalue weighted by Crippen LogP contribution is 2.27. The van der Waals surface area contributed by atoms with Gasteiger partial charge in [-0.1, -0.05) is 61.9 Å². The first-order chi connectivity index (χ1) is 13.3. The molecule has 1 heterocycles. The Morgan fingerprint density at radius 3 is 2.37 bits per heavy atom. The van der Waals surface area contributed by atoms with Gasteiger partial charge in [-0.2, -0.15) is 0 Å². The predicted octanol–water partition coefficient (Wildman–Crippen LogP) is 4.95. The summed E-state index contributed by atoms with van der Waals surface area (Å²) >= 11 is 0. The maximum atomic E-state index is 12.4. The van der Waals surface area contributed by atoms with E-state index in [4.69, 9.17) is 0 Å². The molecule has 1 N–H and O–H groups in total. The summed E-state index contributed by atoms with van der Waals surface area (Å²) in [6, 6.07) is 22.4. The lowest BCUT2D eigenvalue weighted by Gasteiger charge is -2.25. The Morgan fingerprint density at radius 2 is 1.67 bits per heavy atom. The van der Waals surface area contributed by atoms with Crippen molar-refractivity contribution in [2.24, 2.45) is 0 Å². The first-order valence-electron chi connectivity index (χ1n) is 9.37. The molecule has 0 radical (unpaired) electrons. The molecule has 1 amide bonds. The zero-order chi connectivity index (χ0) is 18.9. The summed E-state index contributed by atoms with van der Waals surface area (Å²) in [7, 11) is 0. The van der Waals surface area contributed by atoms with Crippen LogP contribution in [0.2, 0.25) is 0 Å². The van der Waals surface area contributed by atoms with Crippen molar-refractivity contribution in [2.45, 2.75) is 26.3 Å². The molecule has 1 aromatic heterocycles. The highest BCUT2D eigenvalue weighted by atomic mass is 16.1. The first-order valence-corrected chi connectivity index (χ1v) is 9.37. The number of unbranched alkanes of at least 4 members (excludes halogenated alkanes) is 1. The molecule has 0 fully saturated rings. The Labute approximate surface area is 160 Å². The van der Waals surface area contributed by atoms with E-state index in [1.165, 1.54) is 5.56 Å². The number of carbonyl (C=O) groups excluding carboxylic acids is 1. The van der Waals surface area contributed by atoms with Gasteiger partial charge in [-0.15, -0.1) is 0 Å². The molecule has 2 aromatic carbocycles. The van der Waals surface area contributed by atoms with Crippen LogP contribution < -0.4 is 10.2 Å². The molecule has 138 valence electrons. The molecule has 0 saturated heterocycles. The van der Waals surface area contributed by atoms with Crippen LogP contribution in [-0.4, -0.2) is 17.4 Å². The van der Waals surface area contributed by atoms with Gasteiger partial charge in [0.1, 0.15) is 0 Å². The fourth-order valence-corrected chi connectivity index (χ4v) is 2.89. The van der Waals surface area contributed by atoms with Gasteiger partial charge in [0.15, 0.2) is 0 Å². The van der Waals surface area contributed by atoms with Gasteiger partial charge in [0.25, 0.3) is 5.91 Å². The largest absolute Gasteiger partial charge is 0.352 e. The molecule has 0 aliphatic rings. The Morgan fingerprint density at radius 1 is 0.963 bits per heavy atom. The summed E-state index contributed by atoms with van der Waals surface area (Å²) in [5, 5.41) is 2.96. The summed E-state index contributed by atoms with van der Waals surface area (Å²) in [4.78, 5) is 18.9. The third-order valence-electron chi connectivity index (χ3n) is 4.36. The van der Waals surface area contributed by atoms with Crippen LogP contribution in [0, 0.1) is 0 Å². The van der Waals surface area contributed by atoms with Crippen molar-refractivity contribution < 1.29 is 4.79 Å². The third-order valence-corrected chi connectivity index (χ3v) is 4.36. The molecule has 4 nitrogen and oxygen atoms in total. The quantitative estimate of drug-likeness (QED) is 0.579. The highest BCUT2D eigenvalue weighted by Gasteiger charge is 2.13. The molecule has 0 aliphatic carbocycles. The standard InChI is InChI=1S/C23H25N3O/c1-2-3-14-25-23(27)20-15-22(17-24-16-20)26(21-12-8-5-9-13-21)18-19-10-6-4-7-11-19/h4-13,15-17H,2-3,14,18H2,1H3,(H,25,27). The summed E-state index contributed by atoms with van der Waals surface area (Å²) in [5.41, 5.74) is 3.73. The lowest BCUT2D eigenvalue weighted by Crippen LogP contribution is -2.25.